The fourth-order valence-electron chi connectivity index (χ4n) is 1.19. The summed E-state index contributed by atoms with van der Waals surface area (Å²) in [6.07, 6.45) is 0.171. The van der Waals surface area contributed by atoms with Crippen molar-refractivity contribution in [3.8, 4) is 5.75 Å². The van der Waals surface area contributed by atoms with Gasteiger partial charge in [0, 0.05) is 18.2 Å². The van der Waals surface area contributed by atoms with E-state index in [2.05, 4.69) is 0 Å². The van der Waals surface area contributed by atoms with Crippen molar-refractivity contribution < 1.29 is 14.6 Å². The summed E-state index contributed by atoms with van der Waals surface area (Å²) < 4.78 is 13.2. The molecule has 6 heteroatoms. The first-order valence-electron chi connectivity index (χ1n) is 4.11. The SMILES string of the molecule is Cl.N[C@H](CCO)c1c(F)ccc(Cl)c1O. The second-order valence-electron chi connectivity index (χ2n) is 2.91. The van der Waals surface area contributed by atoms with Crippen LogP contribution >= 0.6 is 24.0 Å². The molecule has 15 heavy (non-hydrogen) atoms. The zero-order valence-electron chi connectivity index (χ0n) is 7.78. The predicted molar refractivity (Wildman–Crippen MR) is 59.0 cm³/mol. The molecule has 0 aliphatic rings. The van der Waals surface area contributed by atoms with Gasteiger partial charge in [-0.05, 0) is 18.6 Å². The molecular weight excluding hydrogens is 244 g/mol. The Hall–Kier alpha value is -0.550. The van der Waals surface area contributed by atoms with Crippen LogP contribution in [0.1, 0.15) is 18.0 Å². The van der Waals surface area contributed by atoms with Crippen molar-refractivity contribution >= 4 is 24.0 Å². The summed E-state index contributed by atoms with van der Waals surface area (Å²) in [5.74, 6) is -0.972. The molecule has 0 aliphatic carbocycles. The smallest absolute Gasteiger partial charge is 0.141 e. The molecule has 0 spiro atoms. The minimum absolute atomic E-state index is 0. The second kappa shape index (κ2) is 6.12. The highest BCUT2D eigenvalue weighted by molar-refractivity contribution is 6.32. The predicted octanol–water partition coefficient (Wildman–Crippen LogP) is 1.99. The van der Waals surface area contributed by atoms with E-state index in [1.165, 1.54) is 6.07 Å². The van der Waals surface area contributed by atoms with Crippen LogP contribution in [0.25, 0.3) is 0 Å². The Kier molecular flexibility index (Phi) is 5.90. The van der Waals surface area contributed by atoms with Gasteiger partial charge in [0.25, 0.3) is 0 Å². The van der Waals surface area contributed by atoms with Crippen molar-refractivity contribution in [2.45, 2.75) is 12.5 Å². The molecule has 0 bridgehead atoms. The van der Waals surface area contributed by atoms with Crippen LogP contribution in [-0.4, -0.2) is 16.8 Å². The number of halogens is 3. The van der Waals surface area contributed by atoms with Crippen LogP contribution in [-0.2, 0) is 0 Å². The van der Waals surface area contributed by atoms with Gasteiger partial charge in [-0.2, -0.15) is 0 Å². The van der Waals surface area contributed by atoms with Crippen LogP contribution in [0.15, 0.2) is 12.1 Å². The monoisotopic (exact) mass is 255 g/mol. The molecule has 0 amide bonds. The molecule has 0 aromatic heterocycles. The van der Waals surface area contributed by atoms with E-state index in [4.69, 9.17) is 22.4 Å². The average Bonchev–Trinajstić information content (AvgIpc) is 2.13. The van der Waals surface area contributed by atoms with E-state index in [0.29, 0.717) is 0 Å². The van der Waals surface area contributed by atoms with Gasteiger partial charge in [0.15, 0.2) is 0 Å². The van der Waals surface area contributed by atoms with Gasteiger partial charge in [-0.1, -0.05) is 11.6 Å². The van der Waals surface area contributed by atoms with Gasteiger partial charge in [0.05, 0.1) is 5.02 Å². The lowest BCUT2D eigenvalue weighted by Gasteiger charge is -2.13. The highest BCUT2D eigenvalue weighted by Gasteiger charge is 2.17. The quantitative estimate of drug-likeness (QED) is 0.774. The van der Waals surface area contributed by atoms with Gasteiger partial charge < -0.3 is 15.9 Å². The number of aliphatic hydroxyl groups excluding tert-OH is 1. The Balaban J connectivity index is 0.00000196. The third-order valence-corrected chi connectivity index (χ3v) is 2.23. The number of aliphatic hydroxyl groups is 1. The van der Waals surface area contributed by atoms with E-state index < -0.39 is 11.9 Å². The molecule has 0 heterocycles. The van der Waals surface area contributed by atoms with Gasteiger partial charge >= 0.3 is 0 Å². The van der Waals surface area contributed by atoms with Crippen molar-refractivity contribution in [3.05, 3.63) is 28.5 Å². The van der Waals surface area contributed by atoms with Gasteiger partial charge in [-0.25, -0.2) is 4.39 Å². The topological polar surface area (TPSA) is 66.5 Å². The number of aromatic hydroxyl groups is 1. The maximum Gasteiger partial charge on any atom is 0.141 e. The molecule has 1 aromatic rings. The second-order valence-corrected chi connectivity index (χ2v) is 3.32. The van der Waals surface area contributed by atoms with Crippen molar-refractivity contribution in [1.82, 2.24) is 0 Å². The Bertz CT molecular complexity index is 336. The van der Waals surface area contributed by atoms with E-state index in [1.54, 1.807) is 0 Å². The molecule has 0 unspecified atom stereocenters. The maximum atomic E-state index is 13.2. The highest BCUT2D eigenvalue weighted by atomic mass is 35.5. The maximum absolute atomic E-state index is 13.2. The number of nitrogens with two attached hydrogens (primary N) is 1. The van der Waals surface area contributed by atoms with Crippen molar-refractivity contribution in [1.29, 1.82) is 0 Å². The van der Waals surface area contributed by atoms with E-state index in [0.717, 1.165) is 6.07 Å². The Morgan fingerprint density at radius 2 is 2.07 bits per heavy atom. The Labute approximate surface area is 98.1 Å². The third-order valence-electron chi connectivity index (χ3n) is 1.93. The largest absolute Gasteiger partial charge is 0.506 e. The molecule has 0 aliphatic heterocycles. The summed E-state index contributed by atoms with van der Waals surface area (Å²) in [6, 6.07) is 1.63. The number of benzene rings is 1. The summed E-state index contributed by atoms with van der Waals surface area (Å²) in [7, 11) is 0. The van der Waals surface area contributed by atoms with E-state index >= 15 is 0 Å². The standard InChI is InChI=1S/C9H11ClFNO2.ClH/c10-5-1-2-6(11)8(9(5)14)7(12)3-4-13;/h1-2,7,13-14H,3-4,12H2;1H/t7-;/m1./s1. The number of phenolic OH excluding ortho intramolecular Hbond substituents is 1. The highest BCUT2D eigenvalue weighted by Crippen LogP contribution is 2.33. The lowest BCUT2D eigenvalue weighted by molar-refractivity contribution is 0.274. The van der Waals surface area contributed by atoms with Crippen molar-refractivity contribution in [3.63, 3.8) is 0 Å². The lowest BCUT2D eigenvalue weighted by Crippen LogP contribution is -2.14. The average molecular weight is 256 g/mol. The first-order chi connectivity index (χ1) is 6.57. The minimum Gasteiger partial charge on any atom is -0.506 e. The molecule has 0 saturated carbocycles. The molecule has 1 atom stereocenters. The number of rotatable bonds is 3. The van der Waals surface area contributed by atoms with Crippen molar-refractivity contribution in [2.24, 2.45) is 5.73 Å². The van der Waals surface area contributed by atoms with Gasteiger partial charge in [-0.3, -0.25) is 0 Å². The number of hydrogen-bond acceptors (Lipinski definition) is 3. The van der Waals surface area contributed by atoms with Crippen LogP contribution in [0.3, 0.4) is 0 Å². The van der Waals surface area contributed by atoms with Gasteiger partial charge in [-0.15, -0.1) is 12.4 Å². The Morgan fingerprint density at radius 3 is 2.60 bits per heavy atom. The fourth-order valence-corrected chi connectivity index (χ4v) is 1.36. The van der Waals surface area contributed by atoms with Gasteiger partial charge in [0.1, 0.15) is 11.6 Å². The molecular formula is C9H12Cl2FNO2. The molecule has 3 nitrogen and oxygen atoms in total. The molecule has 0 saturated heterocycles. The fraction of sp³-hybridized carbons (Fsp3) is 0.333. The van der Waals surface area contributed by atoms with Crippen molar-refractivity contribution in [2.75, 3.05) is 6.61 Å². The van der Waals surface area contributed by atoms with E-state index in [1.807, 2.05) is 0 Å². The van der Waals surface area contributed by atoms with Crippen LogP contribution in [0.5, 0.6) is 5.75 Å². The third kappa shape index (κ3) is 3.21. The first kappa shape index (κ1) is 14.5. The summed E-state index contributed by atoms with van der Waals surface area (Å²) in [5, 5.41) is 18.1. The molecule has 0 radical (unpaired) electrons. The summed E-state index contributed by atoms with van der Waals surface area (Å²) in [4.78, 5) is 0. The zero-order chi connectivity index (χ0) is 10.7. The molecule has 0 fully saturated rings. The molecule has 86 valence electrons. The van der Waals surface area contributed by atoms with Crippen LogP contribution in [0, 0.1) is 5.82 Å². The zero-order valence-corrected chi connectivity index (χ0v) is 9.35. The summed E-state index contributed by atoms with van der Waals surface area (Å²) in [5.41, 5.74) is 5.51. The van der Waals surface area contributed by atoms with Crippen LogP contribution < -0.4 is 5.73 Å². The molecule has 4 N–H and O–H groups in total. The number of hydrogen-bond donors (Lipinski definition) is 3. The molecule has 1 aromatic carbocycles. The summed E-state index contributed by atoms with van der Waals surface area (Å²) >= 11 is 5.60. The first-order valence-corrected chi connectivity index (χ1v) is 4.49. The van der Waals surface area contributed by atoms with Crippen LogP contribution in [0.4, 0.5) is 4.39 Å². The minimum atomic E-state index is -0.751. The number of phenols is 1. The summed E-state index contributed by atoms with van der Waals surface area (Å²) in [6.45, 7) is -0.174. The lowest BCUT2D eigenvalue weighted by atomic mass is 10.0. The van der Waals surface area contributed by atoms with Crippen LogP contribution in [0.2, 0.25) is 5.02 Å². The van der Waals surface area contributed by atoms with E-state index in [9.17, 15) is 9.50 Å². The normalized spacial score (nSPS) is 12.0. The molecule has 1 rings (SSSR count). The Morgan fingerprint density at radius 1 is 1.47 bits per heavy atom. The van der Waals surface area contributed by atoms with E-state index in [-0.39, 0.29) is 41.8 Å². The van der Waals surface area contributed by atoms with Gasteiger partial charge in [0.2, 0.25) is 0 Å².